The fourth-order valence-corrected chi connectivity index (χ4v) is 6.59. The Morgan fingerprint density at radius 3 is 2.32 bits per heavy atom. The third kappa shape index (κ3) is 3.56. The molecule has 0 saturated carbocycles. The van der Waals surface area contributed by atoms with E-state index in [0.29, 0.717) is 38.6 Å². The van der Waals surface area contributed by atoms with Crippen molar-refractivity contribution in [3.05, 3.63) is 96.7 Å². The minimum Gasteiger partial charge on any atom is -0.497 e. The Balaban J connectivity index is 1.81. The summed E-state index contributed by atoms with van der Waals surface area (Å²) in [5.41, 5.74) is 3.64. The molecule has 0 unspecified atom stereocenters. The van der Waals surface area contributed by atoms with Crippen LogP contribution in [0, 0.1) is 0 Å². The number of H-pyrrole nitrogens is 1. The normalized spacial score (nSPS) is 11.8. The summed E-state index contributed by atoms with van der Waals surface area (Å²) < 4.78 is 40.3. The predicted octanol–water partition coefficient (Wildman–Crippen LogP) is 6.37. The van der Waals surface area contributed by atoms with Crippen LogP contribution < -0.4 is 4.74 Å². The number of aromatic amines is 1. The lowest BCUT2D eigenvalue weighted by atomic mass is 9.97. The first kappa shape index (κ1) is 23.8. The molecule has 0 amide bonds. The first-order valence-electron chi connectivity index (χ1n) is 12.1. The molecule has 0 fully saturated rings. The summed E-state index contributed by atoms with van der Waals surface area (Å²) in [6, 6.07) is 25.0. The van der Waals surface area contributed by atoms with Gasteiger partial charge in [0.1, 0.15) is 5.75 Å². The second-order valence-corrected chi connectivity index (χ2v) is 10.6. The molecule has 0 aliphatic carbocycles. The first-order chi connectivity index (χ1) is 18.5. The molecule has 0 saturated heterocycles. The maximum atomic E-state index is 14.1. The molecule has 7 nitrogen and oxygen atoms in total. The molecule has 0 aliphatic heterocycles. The van der Waals surface area contributed by atoms with E-state index >= 15 is 0 Å². The average Bonchev–Trinajstić information content (AvgIpc) is 3.53. The number of fused-ring (bicyclic) bond motifs is 5. The Hall–Kier alpha value is -4.56. The van der Waals surface area contributed by atoms with Crippen molar-refractivity contribution < 1.29 is 22.7 Å². The number of rotatable bonds is 6. The van der Waals surface area contributed by atoms with Crippen LogP contribution in [0.3, 0.4) is 0 Å². The number of hydrogen-bond acceptors (Lipinski definition) is 5. The number of methoxy groups -OCH3 is 1. The molecule has 8 heteroatoms. The molecule has 190 valence electrons. The zero-order valence-corrected chi connectivity index (χ0v) is 21.6. The van der Waals surface area contributed by atoms with Crippen LogP contribution in [0.4, 0.5) is 0 Å². The van der Waals surface area contributed by atoms with Crippen molar-refractivity contribution in [3.63, 3.8) is 0 Å². The third-order valence-electron chi connectivity index (χ3n) is 6.73. The molecule has 0 atom stereocenters. The SMILES string of the molecule is CCOC(=O)c1c[nH]c2c(-c3ccc(OC)cc3)cc3c(c4ccccc4n3S(=O)(=O)c3ccccc3)c12. The highest BCUT2D eigenvalue weighted by Gasteiger charge is 2.28. The zero-order valence-electron chi connectivity index (χ0n) is 20.8. The number of benzene rings is 4. The number of nitrogens with one attached hydrogen (secondary N) is 1. The largest absolute Gasteiger partial charge is 0.497 e. The van der Waals surface area contributed by atoms with Gasteiger partial charge in [-0.25, -0.2) is 17.2 Å². The van der Waals surface area contributed by atoms with Crippen molar-refractivity contribution in [1.82, 2.24) is 8.96 Å². The number of para-hydroxylation sites is 1. The molecule has 2 heterocycles. The molecular formula is C30H24N2O5S. The molecule has 0 aliphatic rings. The van der Waals surface area contributed by atoms with Gasteiger partial charge in [0.2, 0.25) is 0 Å². The summed E-state index contributed by atoms with van der Waals surface area (Å²) in [4.78, 5) is 16.5. The predicted molar refractivity (Wildman–Crippen MR) is 148 cm³/mol. The number of carbonyl (C=O) groups is 1. The molecule has 4 aromatic carbocycles. The molecule has 38 heavy (non-hydrogen) atoms. The quantitative estimate of drug-likeness (QED) is 0.256. The van der Waals surface area contributed by atoms with Crippen molar-refractivity contribution in [2.24, 2.45) is 0 Å². The van der Waals surface area contributed by atoms with Gasteiger partial charge in [0.05, 0.1) is 40.7 Å². The van der Waals surface area contributed by atoms with Crippen molar-refractivity contribution in [2.75, 3.05) is 13.7 Å². The van der Waals surface area contributed by atoms with Crippen LogP contribution in [0.1, 0.15) is 17.3 Å². The fourth-order valence-electron chi connectivity index (χ4n) is 5.05. The Kier molecular flexibility index (Phi) is 5.69. The second-order valence-electron chi connectivity index (χ2n) is 8.82. The van der Waals surface area contributed by atoms with Crippen LogP contribution in [-0.2, 0) is 14.8 Å². The highest BCUT2D eigenvalue weighted by molar-refractivity contribution is 7.90. The van der Waals surface area contributed by atoms with Crippen LogP contribution in [0.5, 0.6) is 5.75 Å². The smallest absolute Gasteiger partial charge is 0.340 e. The van der Waals surface area contributed by atoms with E-state index in [9.17, 15) is 13.2 Å². The summed E-state index contributed by atoms with van der Waals surface area (Å²) in [5.74, 6) is 0.222. The number of carbonyl (C=O) groups excluding carboxylic acids is 1. The lowest BCUT2D eigenvalue weighted by Crippen LogP contribution is -2.12. The van der Waals surface area contributed by atoms with Gasteiger partial charge in [-0.05, 0) is 48.9 Å². The third-order valence-corrected chi connectivity index (χ3v) is 8.47. The van der Waals surface area contributed by atoms with Gasteiger partial charge in [-0.3, -0.25) is 0 Å². The Morgan fingerprint density at radius 2 is 1.61 bits per heavy atom. The van der Waals surface area contributed by atoms with Gasteiger partial charge in [-0.15, -0.1) is 0 Å². The van der Waals surface area contributed by atoms with E-state index in [1.807, 2.05) is 48.5 Å². The summed E-state index contributed by atoms with van der Waals surface area (Å²) in [6.45, 7) is 1.97. The van der Waals surface area contributed by atoms with Crippen LogP contribution in [0.15, 0.2) is 96.0 Å². The summed E-state index contributed by atoms with van der Waals surface area (Å²) >= 11 is 0. The van der Waals surface area contributed by atoms with Gasteiger partial charge in [0, 0.05) is 27.9 Å². The standard InChI is InChI=1S/C30H24N2O5S/c1-3-37-30(33)24-18-31-29-23(19-13-15-20(36-2)16-14-19)17-26-27(28(24)29)22-11-7-8-12-25(22)32(26)38(34,35)21-9-5-4-6-10-21/h4-18,31H,3H2,1-2H3. The number of hydrogen-bond donors (Lipinski definition) is 1. The van der Waals surface area contributed by atoms with Gasteiger partial charge >= 0.3 is 5.97 Å². The molecule has 0 bridgehead atoms. The van der Waals surface area contributed by atoms with E-state index < -0.39 is 16.0 Å². The Labute approximate surface area is 219 Å². The van der Waals surface area contributed by atoms with Gasteiger partial charge in [-0.2, -0.15) is 0 Å². The molecule has 0 spiro atoms. The molecule has 2 aromatic heterocycles. The average molecular weight is 525 g/mol. The number of aromatic nitrogens is 2. The topological polar surface area (TPSA) is 90.4 Å². The summed E-state index contributed by atoms with van der Waals surface area (Å²) in [5, 5.41) is 2.00. The van der Waals surface area contributed by atoms with Crippen LogP contribution in [0.25, 0.3) is 43.8 Å². The van der Waals surface area contributed by atoms with E-state index in [0.717, 1.165) is 16.5 Å². The van der Waals surface area contributed by atoms with Crippen LogP contribution in [0.2, 0.25) is 0 Å². The van der Waals surface area contributed by atoms with Gasteiger partial charge in [0.25, 0.3) is 10.0 Å². The van der Waals surface area contributed by atoms with E-state index in [1.54, 1.807) is 56.6 Å². The molecular weight excluding hydrogens is 500 g/mol. The van der Waals surface area contributed by atoms with E-state index in [-0.39, 0.29) is 11.5 Å². The lowest BCUT2D eigenvalue weighted by molar-refractivity contribution is 0.0529. The van der Waals surface area contributed by atoms with E-state index in [2.05, 4.69) is 4.98 Å². The second kappa shape index (κ2) is 9.08. The van der Waals surface area contributed by atoms with Crippen molar-refractivity contribution in [1.29, 1.82) is 0 Å². The number of esters is 1. The minimum absolute atomic E-state index is 0.174. The molecule has 1 N–H and O–H groups in total. The number of nitrogens with zero attached hydrogens (tertiary/aromatic N) is 1. The summed E-state index contributed by atoms with van der Waals surface area (Å²) in [7, 11) is -2.38. The molecule has 6 rings (SSSR count). The fraction of sp³-hybridized carbons (Fsp3) is 0.100. The van der Waals surface area contributed by atoms with Crippen molar-refractivity contribution >= 4 is 48.7 Å². The van der Waals surface area contributed by atoms with Gasteiger partial charge < -0.3 is 14.5 Å². The molecule has 6 aromatic rings. The number of ether oxygens (including phenoxy) is 2. The van der Waals surface area contributed by atoms with Crippen molar-refractivity contribution in [2.45, 2.75) is 11.8 Å². The lowest BCUT2D eigenvalue weighted by Gasteiger charge is -2.12. The Bertz CT molecular complexity index is 1940. The minimum atomic E-state index is -3.98. The van der Waals surface area contributed by atoms with Gasteiger partial charge in [0.15, 0.2) is 0 Å². The zero-order chi connectivity index (χ0) is 26.4. The van der Waals surface area contributed by atoms with E-state index in [1.165, 1.54) is 3.97 Å². The molecule has 0 radical (unpaired) electrons. The van der Waals surface area contributed by atoms with Gasteiger partial charge in [-0.1, -0.05) is 48.5 Å². The van der Waals surface area contributed by atoms with E-state index in [4.69, 9.17) is 9.47 Å². The first-order valence-corrected chi connectivity index (χ1v) is 13.6. The highest BCUT2D eigenvalue weighted by atomic mass is 32.2. The Morgan fingerprint density at radius 1 is 0.895 bits per heavy atom. The maximum Gasteiger partial charge on any atom is 0.340 e. The van der Waals surface area contributed by atoms with Crippen LogP contribution in [-0.4, -0.2) is 37.1 Å². The maximum absolute atomic E-state index is 14.1. The summed E-state index contributed by atoms with van der Waals surface area (Å²) in [6.07, 6.45) is 1.63. The van der Waals surface area contributed by atoms with Crippen LogP contribution >= 0.6 is 0 Å². The highest BCUT2D eigenvalue weighted by Crippen LogP contribution is 2.42. The monoisotopic (exact) mass is 524 g/mol. The van der Waals surface area contributed by atoms with Crippen molar-refractivity contribution in [3.8, 4) is 16.9 Å².